The molecular formula is C10H18N4S. The van der Waals surface area contributed by atoms with Crippen molar-refractivity contribution in [2.45, 2.75) is 26.3 Å². The Morgan fingerprint density at radius 3 is 2.87 bits per heavy atom. The van der Waals surface area contributed by atoms with E-state index in [9.17, 15) is 0 Å². The van der Waals surface area contributed by atoms with Crippen LogP contribution in [-0.2, 0) is 6.54 Å². The summed E-state index contributed by atoms with van der Waals surface area (Å²) in [6, 6.07) is 0. The van der Waals surface area contributed by atoms with Crippen LogP contribution >= 0.6 is 11.5 Å². The van der Waals surface area contributed by atoms with Gasteiger partial charge in [0.25, 0.3) is 0 Å². The van der Waals surface area contributed by atoms with E-state index in [1.165, 1.54) is 48.9 Å². The van der Waals surface area contributed by atoms with Gasteiger partial charge in [0.1, 0.15) is 0 Å². The lowest BCUT2D eigenvalue weighted by Crippen LogP contribution is -2.29. The summed E-state index contributed by atoms with van der Waals surface area (Å²) in [5, 5.41) is 7.44. The molecule has 0 atom stereocenters. The molecule has 1 fully saturated rings. The number of hydrogen-bond donors (Lipinski definition) is 1. The number of likely N-dealkylation sites (tertiary alicyclic amines) is 1. The highest BCUT2D eigenvalue weighted by Gasteiger charge is 2.10. The summed E-state index contributed by atoms with van der Waals surface area (Å²) >= 11 is 1.50. The van der Waals surface area contributed by atoms with Gasteiger partial charge in [0.05, 0.1) is 10.6 Å². The predicted octanol–water partition coefficient (Wildman–Crippen LogP) is 1.03. The Balaban J connectivity index is 1.60. The fourth-order valence-corrected chi connectivity index (χ4v) is 2.46. The predicted molar refractivity (Wildman–Crippen MR) is 62.0 cm³/mol. The van der Waals surface area contributed by atoms with Gasteiger partial charge in [-0.15, -0.1) is 5.10 Å². The van der Waals surface area contributed by atoms with Crippen molar-refractivity contribution in [3.05, 3.63) is 10.6 Å². The highest BCUT2D eigenvalue weighted by atomic mass is 32.1. The van der Waals surface area contributed by atoms with Gasteiger partial charge in [-0.1, -0.05) is 4.49 Å². The summed E-state index contributed by atoms with van der Waals surface area (Å²) in [6.45, 7) is 7.73. The Labute approximate surface area is 94.8 Å². The summed E-state index contributed by atoms with van der Waals surface area (Å²) in [6.07, 6.45) is 2.75. The Morgan fingerprint density at radius 2 is 2.20 bits per heavy atom. The van der Waals surface area contributed by atoms with Crippen LogP contribution in [0.3, 0.4) is 0 Å². The molecule has 1 aromatic heterocycles. The van der Waals surface area contributed by atoms with E-state index in [4.69, 9.17) is 0 Å². The third-order valence-corrected chi connectivity index (χ3v) is 3.66. The molecule has 0 spiro atoms. The van der Waals surface area contributed by atoms with Gasteiger partial charge in [-0.3, -0.25) is 0 Å². The summed E-state index contributed by atoms with van der Waals surface area (Å²) in [7, 11) is 0. The molecule has 1 aromatic rings. The first kappa shape index (κ1) is 11.0. The van der Waals surface area contributed by atoms with Crippen molar-refractivity contribution in [3.63, 3.8) is 0 Å². The highest BCUT2D eigenvalue weighted by Crippen LogP contribution is 2.08. The first-order valence-electron chi connectivity index (χ1n) is 5.57. The molecule has 1 aliphatic rings. The maximum Gasteiger partial charge on any atom is 0.0769 e. The van der Waals surface area contributed by atoms with Crippen molar-refractivity contribution < 1.29 is 0 Å². The fraction of sp³-hybridized carbons (Fsp3) is 0.800. The fourth-order valence-electron chi connectivity index (χ4n) is 1.86. The molecule has 0 amide bonds. The highest BCUT2D eigenvalue weighted by molar-refractivity contribution is 7.05. The zero-order valence-electron chi connectivity index (χ0n) is 9.20. The Bertz CT molecular complexity index is 293. The average Bonchev–Trinajstić information content (AvgIpc) is 2.85. The summed E-state index contributed by atoms with van der Waals surface area (Å²) in [5.41, 5.74) is 1.06. The largest absolute Gasteiger partial charge is 0.310 e. The Kier molecular flexibility index (Phi) is 4.05. The van der Waals surface area contributed by atoms with Crippen molar-refractivity contribution in [3.8, 4) is 0 Å². The lowest BCUT2D eigenvalue weighted by atomic mass is 10.4. The number of nitrogens with zero attached hydrogens (tertiary/aromatic N) is 3. The maximum atomic E-state index is 3.99. The van der Waals surface area contributed by atoms with E-state index in [1.807, 2.05) is 6.92 Å². The number of nitrogens with one attached hydrogen (secondary N) is 1. The number of hydrogen-bond acceptors (Lipinski definition) is 5. The minimum atomic E-state index is 0.914. The summed E-state index contributed by atoms with van der Waals surface area (Å²) < 4.78 is 3.92. The quantitative estimate of drug-likeness (QED) is 0.761. The molecule has 0 radical (unpaired) electrons. The SMILES string of the molecule is Cc1nnsc1CNCCN1CCCC1. The molecule has 0 saturated carbocycles. The van der Waals surface area contributed by atoms with Crippen molar-refractivity contribution in [1.82, 2.24) is 19.8 Å². The monoisotopic (exact) mass is 226 g/mol. The third-order valence-electron chi connectivity index (χ3n) is 2.83. The molecule has 2 heterocycles. The van der Waals surface area contributed by atoms with Crippen LogP contribution in [0.1, 0.15) is 23.4 Å². The van der Waals surface area contributed by atoms with Gasteiger partial charge in [0.2, 0.25) is 0 Å². The molecule has 1 aliphatic heterocycles. The smallest absolute Gasteiger partial charge is 0.0769 e. The molecule has 84 valence electrons. The minimum Gasteiger partial charge on any atom is -0.310 e. The molecular weight excluding hydrogens is 208 g/mol. The van der Waals surface area contributed by atoms with E-state index in [0.717, 1.165) is 18.8 Å². The summed E-state index contributed by atoms with van der Waals surface area (Å²) in [5.74, 6) is 0. The van der Waals surface area contributed by atoms with Crippen molar-refractivity contribution >= 4 is 11.5 Å². The van der Waals surface area contributed by atoms with Crippen LogP contribution in [-0.4, -0.2) is 40.7 Å². The molecule has 1 N–H and O–H groups in total. The van der Waals surface area contributed by atoms with Crippen LogP contribution in [0.2, 0.25) is 0 Å². The standard InChI is InChI=1S/C10H18N4S/c1-9-10(15-13-12-9)8-11-4-7-14-5-2-3-6-14/h11H,2-8H2,1H3. The molecule has 4 nitrogen and oxygen atoms in total. The van der Waals surface area contributed by atoms with Crippen molar-refractivity contribution in [1.29, 1.82) is 0 Å². The van der Waals surface area contributed by atoms with E-state index in [1.54, 1.807) is 0 Å². The van der Waals surface area contributed by atoms with E-state index in [0.29, 0.717) is 0 Å². The molecule has 0 aliphatic carbocycles. The van der Waals surface area contributed by atoms with E-state index in [2.05, 4.69) is 19.8 Å². The normalized spacial score (nSPS) is 17.4. The van der Waals surface area contributed by atoms with E-state index in [-0.39, 0.29) is 0 Å². The van der Waals surface area contributed by atoms with Gasteiger partial charge in [-0.2, -0.15) is 0 Å². The zero-order valence-corrected chi connectivity index (χ0v) is 10.0. The second-order valence-electron chi connectivity index (χ2n) is 4.01. The molecule has 15 heavy (non-hydrogen) atoms. The number of rotatable bonds is 5. The van der Waals surface area contributed by atoms with Gasteiger partial charge in [0, 0.05) is 19.6 Å². The second kappa shape index (κ2) is 5.53. The van der Waals surface area contributed by atoms with Gasteiger partial charge in [0.15, 0.2) is 0 Å². The topological polar surface area (TPSA) is 41.1 Å². The molecule has 5 heteroatoms. The third kappa shape index (κ3) is 3.22. The van der Waals surface area contributed by atoms with Crippen LogP contribution in [0, 0.1) is 6.92 Å². The average molecular weight is 226 g/mol. The van der Waals surface area contributed by atoms with Crippen molar-refractivity contribution in [2.75, 3.05) is 26.2 Å². The molecule has 2 rings (SSSR count). The lowest BCUT2D eigenvalue weighted by molar-refractivity contribution is 0.336. The second-order valence-corrected chi connectivity index (χ2v) is 4.85. The number of aryl methyl sites for hydroxylation is 1. The van der Waals surface area contributed by atoms with Crippen LogP contribution in [0.15, 0.2) is 0 Å². The zero-order chi connectivity index (χ0) is 10.5. The van der Waals surface area contributed by atoms with Gasteiger partial charge >= 0.3 is 0 Å². The van der Waals surface area contributed by atoms with Crippen LogP contribution in [0.4, 0.5) is 0 Å². The van der Waals surface area contributed by atoms with Gasteiger partial charge in [-0.25, -0.2) is 0 Å². The van der Waals surface area contributed by atoms with Crippen LogP contribution in [0.25, 0.3) is 0 Å². The summed E-state index contributed by atoms with van der Waals surface area (Å²) in [4.78, 5) is 3.78. The molecule has 1 saturated heterocycles. The Hall–Kier alpha value is -0.520. The van der Waals surface area contributed by atoms with E-state index < -0.39 is 0 Å². The molecule has 0 unspecified atom stereocenters. The molecule has 0 bridgehead atoms. The van der Waals surface area contributed by atoms with Crippen molar-refractivity contribution in [2.24, 2.45) is 0 Å². The van der Waals surface area contributed by atoms with E-state index >= 15 is 0 Å². The minimum absolute atomic E-state index is 0.914. The number of aromatic nitrogens is 2. The first-order valence-corrected chi connectivity index (χ1v) is 6.34. The van der Waals surface area contributed by atoms with Gasteiger partial charge in [-0.05, 0) is 44.4 Å². The Morgan fingerprint density at radius 1 is 1.40 bits per heavy atom. The lowest BCUT2D eigenvalue weighted by Gasteiger charge is -2.14. The van der Waals surface area contributed by atoms with Gasteiger partial charge < -0.3 is 10.2 Å². The molecule has 0 aromatic carbocycles. The maximum absolute atomic E-state index is 3.99. The van der Waals surface area contributed by atoms with Crippen LogP contribution in [0.5, 0.6) is 0 Å². The first-order chi connectivity index (χ1) is 7.36. The van der Waals surface area contributed by atoms with Crippen LogP contribution < -0.4 is 5.32 Å².